The van der Waals surface area contributed by atoms with E-state index in [1.54, 1.807) is 24.4 Å². The van der Waals surface area contributed by atoms with Crippen LogP contribution in [0.25, 0.3) is 0 Å². The highest BCUT2D eigenvalue weighted by molar-refractivity contribution is 7.99. The molecule has 0 aliphatic carbocycles. The van der Waals surface area contributed by atoms with Crippen molar-refractivity contribution in [3.05, 3.63) is 29.4 Å². The van der Waals surface area contributed by atoms with Gasteiger partial charge in [0.15, 0.2) is 5.16 Å². The van der Waals surface area contributed by atoms with Crippen molar-refractivity contribution in [3.63, 3.8) is 0 Å². The molecule has 0 aliphatic rings. The number of halogens is 1. The molecule has 2 rings (SSSR count). The lowest BCUT2D eigenvalue weighted by Gasteiger charge is -2.04. The maximum Gasteiger partial charge on any atom is 0.190 e. The fourth-order valence-electron chi connectivity index (χ4n) is 1.11. The predicted octanol–water partition coefficient (Wildman–Crippen LogP) is 2.98. The summed E-state index contributed by atoms with van der Waals surface area (Å²) < 4.78 is 0. The summed E-state index contributed by atoms with van der Waals surface area (Å²) in [6, 6.07) is 5.28. The summed E-state index contributed by atoms with van der Waals surface area (Å²) in [5.74, 6) is 0.443. The Bertz CT molecular complexity index is 535. The van der Waals surface area contributed by atoms with E-state index in [-0.39, 0.29) is 0 Å². The monoisotopic (exact) mass is 284 g/mol. The Balaban J connectivity index is 2.30. The first-order chi connectivity index (χ1) is 8.19. The topological polar surface area (TPSA) is 64.7 Å². The summed E-state index contributed by atoms with van der Waals surface area (Å²) in [7, 11) is 0. The zero-order valence-electron chi connectivity index (χ0n) is 8.92. The number of nitrogens with two attached hydrogens (primary N) is 1. The van der Waals surface area contributed by atoms with Crippen LogP contribution in [0.2, 0.25) is 5.02 Å². The molecule has 0 saturated carbocycles. The normalized spacial score (nSPS) is 10.5. The molecule has 2 heterocycles. The number of hydrogen-bond donors (Lipinski definition) is 1. The maximum absolute atomic E-state index is 6.02. The molecule has 0 fully saturated rings. The van der Waals surface area contributed by atoms with Gasteiger partial charge in [0.2, 0.25) is 0 Å². The first-order valence-electron chi connectivity index (χ1n) is 4.66. The standard InChI is InChI=1S/C10H9ClN4S2/c1-16-10-14-7(12)5-8(15-10)17-9-6(11)3-2-4-13-9/h2-5H,1H3,(H2,12,14,15). The third-order valence-electron chi connectivity index (χ3n) is 1.81. The number of pyridine rings is 1. The predicted molar refractivity (Wildman–Crippen MR) is 71.6 cm³/mol. The van der Waals surface area contributed by atoms with Crippen molar-refractivity contribution < 1.29 is 0 Å². The Morgan fingerprint density at radius 3 is 2.88 bits per heavy atom. The molecule has 2 N–H and O–H groups in total. The SMILES string of the molecule is CSc1nc(N)cc(Sc2ncccc2Cl)n1. The number of thioether (sulfide) groups is 1. The van der Waals surface area contributed by atoms with E-state index in [0.29, 0.717) is 21.0 Å². The van der Waals surface area contributed by atoms with E-state index in [9.17, 15) is 0 Å². The smallest absolute Gasteiger partial charge is 0.190 e. The van der Waals surface area contributed by atoms with Crippen molar-refractivity contribution in [2.75, 3.05) is 12.0 Å². The van der Waals surface area contributed by atoms with Crippen LogP contribution in [0.4, 0.5) is 5.82 Å². The van der Waals surface area contributed by atoms with E-state index >= 15 is 0 Å². The quantitative estimate of drug-likeness (QED) is 0.531. The molecule has 7 heteroatoms. The lowest BCUT2D eigenvalue weighted by Crippen LogP contribution is -1.95. The minimum Gasteiger partial charge on any atom is -0.384 e. The molecular weight excluding hydrogens is 276 g/mol. The number of aromatic nitrogens is 3. The average molecular weight is 285 g/mol. The lowest BCUT2D eigenvalue weighted by atomic mass is 10.5. The van der Waals surface area contributed by atoms with Gasteiger partial charge in [-0.3, -0.25) is 0 Å². The van der Waals surface area contributed by atoms with Crippen LogP contribution in [0.1, 0.15) is 0 Å². The largest absolute Gasteiger partial charge is 0.384 e. The summed E-state index contributed by atoms with van der Waals surface area (Å²) in [4.78, 5) is 12.6. The van der Waals surface area contributed by atoms with Gasteiger partial charge in [-0.25, -0.2) is 15.0 Å². The van der Waals surface area contributed by atoms with Crippen LogP contribution in [0.5, 0.6) is 0 Å². The van der Waals surface area contributed by atoms with Crippen molar-refractivity contribution in [1.82, 2.24) is 15.0 Å². The second-order valence-electron chi connectivity index (χ2n) is 3.01. The molecule has 0 atom stereocenters. The Kier molecular flexibility index (Phi) is 4.09. The van der Waals surface area contributed by atoms with E-state index in [1.807, 2.05) is 6.26 Å². The fourth-order valence-corrected chi connectivity index (χ4v) is 2.58. The molecule has 0 aromatic carbocycles. The number of nitrogen functional groups attached to an aromatic ring is 1. The summed E-state index contributed by atoms with van der Waals surface area (Å²) in [5, 5.41) is 2.68. The van der Waals surface area contributed by atoms with Gasteiger partial charge in [0.05, 0.1) is 5.02 Å². The van der Waals surface area contributed by atoms with Gasteiger partial charge in [0, 0.05) is 12.3 Å². The zero-order valence-corrected chi connectivity index (χ0v) is 11.3. The third kappa shape index (κ3) is 3.24. The van der Waals surface area contributed by atoms with Crippen LogP contribution in [-0.4, -0.2) is 21.2 Å². The highest BCUT2D eigenvalue weighted by atomic mass is 35.5. The second-order valence-corrected chi connectivity index (χ2v) is 5.20. The first kappa shape index (κ1) is 12.5. The Morgan fingerprint density at radius 1 is 1.35 bits per heavy atom. The van der Waals surface area contributed by atoms with Gasteiger partial charge in [-0.05, 0) is 30.2 Å². The van der Waals surface area contributed by atoms with Crippen LogP contribution in [0.15, 0.2) is 39.6 Å². The van der Waals surface area contributed by atoms with Gasteiger partial charge >= 0.3 is 0 Å². The van der Waals surface area contributed by atoms with Crippen LogP contribution >= 0.6 is 35.1 Å². The molecular formula is C10H9ClN4S2. The molecule has 0 bridgehead atoms. The van der Waals surface area contributed by atoms with Crippen LogP contribution < -0.4 is 5.73 Å². The Morgan fingerprint density at radius 2 is 2.18 bits per heavy atom. The van der Waals surface area contributed by atoms with Crippen molar-refractivity contribution in [3.8, 4) is 0 Å². The van der Waals surface area contributed by atoms with Gasteiger partial charge in [0.1, 0.15) is 15.9 Å². The van der Waals surface area contributed by atoms with E-state index in [2.05, 4.69) is 15.0 Å². The summed E-state index contributed by atoms with van der Waals surface area (Å²) in [6.07, 6.45) is 3.59. The van der Waals surface area contributed by atoms with E-state index in [1.165, 1.54) is 23.5 Å². The minimum absolute atomic E-state index is 0.443. The molecule has 88 valence electrons. The van der Waals surface area contributed by atoms with Gasteiger partial charge in [-0.2, -0.15) is 0 Å². The molecule has 17 heavy (non-hydrogen) atoms. The molecule has 0 spiro atoms. The van der Waals surface area contributed by atoms with Gasteiger partial charge in [-0.1, -0.05) is 23.4 Å². The Hall–Kier alpha value is -0.980. The molecule has 0 aliphatic heterocycles. The number of anilines is 1. The van der Waals surface area contributed by atoms with Gasteiger partial charge in [0.25, 0.3) is 0 Å². The van der Waals surface area contributed by atoms with E-state index < -0.39 is 0 Å². The summed E-state index contributed by atoms with van der Waals surface area (Å²) in [5.41, 5.74) is 5.70. The highest BCUT2D eigenvalue weighted by Gasteiger charge is 2.07. The number of hydrogen-bond acceptors (Lipinski definition) is 6. The molecule has 2 aromatic heterocycles. The highest BCUT2D eigenvalue weighted by Crippen LogP contribution is 2.31. The fraction of sp³-hybridized carbons (Fsp3) is 0.100. The molecule has 2 aromatic rings. The summed E-state index contributed by atoms with van der Waals surface area (Å²) >= 11 is 8.84. The number of nitrogens with zero attached hydrogens (tertiary/aromatic N) is 3. The van der Waals surface area contributed by atoms with Crippen molar-refractivity contribution in [2.45, 2.75) is 15.2 Å². The minimum atomic E-state index is 0.443. The maximum atomic E-state index is 6.02. The molecule has 4 nitrogen and oxygen atoms in total. The summed E-state index contributed by atoms with van der Waals surface area (Å²) in [6.45, 7) is 0. The molecule has 0 radical (unpaired) electrons. The molecule has 0 saturated heterocycles. The van der Waals surface area contributed by atoms with E-state index in [4.69, 9.17) is 17.3 Å². The molecule has 0 amide bonds. The van der Waals surface area contributed by atoms with Crippen LogP contribution in [0, 0.1) is 0 Å². The number of rotatable bonds is 3. The average Bonchev–Trinajstić information content (AvgIpc) is 2.31. The van der Waals surface area contributed by atoms with Gasteiger partial charge < -0.3 is 5.73 Å². The third-order valence-corrected chi connectivity index (χ3v) is 3.71. The zero-order chi connectivity index (χ0) is 12.3. The van der Waals surface area contributed by atoms with Crippen molar-refractivity contribution in [2.24, 2.45) is 0 Å². The van der Waals surface area contributed by atoms with Crippen LogP contribution in [0.3, 0.4) is 0 Å². The second kappa shape index (κ2) is 5.57. The van der Waals surface area contributed by atoms with Gasteiger partial charge in [-0.15, -0.1) is 0 Å². The van der Waals surface area contributed by atoms with E-state index in [0.717, 1.165) is 5.03 Å². The first-order valence-corrected chi connectivity index (χ1v) is 7.08. The van der Waals surface area contributed by atoms with Crippen molar-refractivity contribution >= 4 is 40.9 Å². The lowest BCUT2D eigenvalue weighted by molar-refractivity contribution is 0.900. The van der Waals surface area contributed by atoms with Crippen molar-refractivity contribution in [1.29, 1.82) is 0 Å². The van der Waals surface area contributed by atoms with Crippen LogP contribution in [-0.2, 0) is 0 Å². The Labute approximate surface area is 112 Å². The molecule has 0 unspecified atom stereocenters.